The molecular formula is C24H38O2. The second-order valence-corrected chi connectivity index (χ2v) is 10.7. The van der Waals surface area contributed by atoms with Gasteiger partial charge in [0.2, 0.25) is 0 Å². The van der Waals surface area contributed by atoms with Crippen LogP contribution in [0.25, 0.3) is 0 Å². The van der Waals surface area contributed by atoms with Crippen molar-refractivity contribution in [3.63, 3.8) is 0 Å². The fourth-order valence-electron chi connectivity index (χ4n) is 7.88. The lowest BCUT2D eigenvalue weighted by molar-refractivity contribution is -0.160. The summed E-state index contributed by atoms with van der Waals surface area (Å²) < 4.78 is 5.79. The van der Waals surface area contributed by atoms with Crippen LogP contribution >= 0.6 is 0 Å². The molecule has 4 fully saturated rings. The molecule has 7 unspecified atom stereocenters. The lowest BCUT2D eigenvalue weighted by Gasteiger charge is -2.60. The highest BCUT2D eigenvalue weighted by atomic mass is 16.5. The highest BCUT2D eigenvalue weighted by molar-refractivity contribution is 5.66. The SMILES string of the molecule is CC(=O)OC1CCC2C3CCC4CC(=C(C)C)CCC4(C)C3CCC12C. The topological polar surface area (TPSA) is 26.3 Å². The van der Waals surface area contributed by atoms with Crippen LogP contribution in [0.3, 0.4) is 0 Å². The van der Waals surface area contributed by atoms with Crippen molar-refractivity contribution in [3.05, 3.63) is 11.1 Å². The molecule has 0 aromatic carbocycles. The van der Waals surface area contributed by atoms with Gasteiger partial charge in [0.15, 0.2) is 0 Å². The second-order valence-electron chi connectivity index (χ2n) is 10.7. The zero-order valence-corrected chi connectivity index (χ0v) is 17.6. The van der Waals surface area contributed by atoms with Gasteiger partial charge in [0.05, 0.1) is 0 Å². The van der Waals surface area contributed by atoms with E-state index < -0.39 is 0 Å². The van der Waals surface area contributed by atoms with Crippen molar-refractivity contribution in [1.29, 1.82) is 0 Å². The van der Waals surface area contributed by atoms with Crippen LogP contribution in [0.5, 0.6) is 0 Å². The summed E-state index contributed by atoms with van der Waals surface area (Å²) in [5.74, 6) is 3.35. The maximum absolute atomic E-state index is 11.6. The Morgan fingerprint density at radius 2 is 1.65 bits per heavy atom. The lowest BCUT2D eigenvalue weighted by Crippen LogP contribution is -2.53. The Labute approximate surface area is 160 Å². The number of carbonyl (C=O) groups is 1. The predicted molar refractivity (Wildman–Crippen MR) is 106 cm³/mol. The van der Waals surface area contributed by atoms with E-state index in [4.69, 9.17) is 4.74 Å². The van der Waals surface area contributed by atoms with Crippen molar-refractivity contribution in [2.45, 2.75) is 98.5 Å². The Bertz CT molecular complexity index is 616. The summed E-state index contributed by atoms with van der Waals surface area (Å²) in [6, 6.07) is 0. The smallest absolute Gasteiger partial charge is 0.302 e. The summed E-state index contributed by atoms with van der Waals surface area (Å²) in [4.78, 5) is 11.6. The second kappa shape index (κ2) is 6.38. The molecule has 2 nitrogen and oxygen atoms in total. The Morgan fingerprint density at radius 1 is 0.923 bits per heavy atom. The summed E-state index contributed by atoms with van der Waals surface area (Å²) in [6.45, 7) is 11.3. The number of fused-ring (bicyclic) bond motifs is 5. The van der Waals surface area contributed by atoms with Crippen LogP contribution < -0.4 is 0 Å². The highest BCUT2D eigenvalue weighted by Crippen LogP contribution is 2.67. The average molecular weight is 359 g/mol. The third kappa shape index (κ3) is 2.69. The van der Waals surface area contributed by atoms with Crippen molar-refractivity contribution < 1.29 is 9.53 Å². The van der Waals surface area contributed by atoms with E-state index >= 15 is 0 Å². The van der Waals surface area contributed by atoms with E-state index in [0.717, 1.165) is 30.1 Å². The molecule has 4 aliphatic carbocycles. The minimum Gasteiger partial charge on any atom is -0.462 e. The van der Waals surface area contributed by atoms with E-state index in [-0.39, 0.29) is 17.5 Å². The lowest BCUT2D eigenvalue weighted by atomic mass is 9.45. The zero-order valence-electron chi connectivity index (χ0n) is 17.6. The quantitative estimate of drug-likeness (QED) is 0.406. The van der Waals surface area contributed by atoms with Gasteiger partial charge in [0.25, 0.3) is 0 Å². The standard InChI is InChI=1S/C24H38O2/c1-15(2)17-10-12-23(4)18(14-17)6-7-19-20-8-9-22(26-16(3)25)24(20,5)13-11-21(19)23/h18-22H,6-14H2,1-5H3. The number of carbonyl (C=O) groups excluding carboxylic acids is 1. The monoisotopic (exact) mass is 358 g/mol. The number of hydrogen-bond acceptors (Lipinski definition) is 2. The molecule has 0 amide bonds. The minimum atomic E-state index is -0.0869. The summed E-state index contributed by atoms with van der Waals surface area (Å²) in [5.41, 5.74) is 4.10. The van der Waals surface area contributed by atoms with Crippen LogP contribution in [0.1, 0.15) is 92.4 Å². The number of rotatable bonds is 1. The molecule has 2 heteroatoms. The number of esters is 1. The molecule has 0 saturated heterocycles. The molecule has 0 aromatic rings. The Kier molecular flexibility index (Phi) is 4.56. The van der Waals surface area contributed by atoms with Gasteiger partial charge in [-0.2, -0.15) is 0 Å². The number of hydrogen-bond donors (Lipinski definition) is 0. The summed E-state index contributed by atoms with van der Waals surface area (Å²) in [5, 5.41) is 0. The van der Waals surface area contributed by atoms with Crippen LogP contribution in [0.2, 0.25) is 0 Å². The van der Waals surface area contributed by atoms with E-state index in [2.05, 4.69) is 27.7 Å². The molecule has 0 N–H and O–H groups in total. The van der Waals surface area contributed by atoms with Crippen LogP contribution in [-0.2, 0) is 9.53 Å². The molecule has 0 aliphatic heterocycles. The summed E-state index contributed by atoms with van der Waals surface area (Å²) >= 11 is 0. The van der Waals surface area contributed by atoms with Crippen LogP contribution in [0.4, 0.5) is 0 Å². The Morgan fingerprint density at radius 3 is 2.35 bits per heavy atom. The number of allylic oxidation sites excluding steroid dienone is 2. The van der Waals surface area contributed by atoms with Gasteiger partial charge in [-0.1, -0.05) is 25.0 Å². The van der Waals surface area contributed by atoms with Crippen LogP contribution in [0, 0.1) is 34.5 Å². The van der Waals surface area contributed by atoms with E-state index in [9.17, 15) is 4.79 Å². The van der Waals surface area contributed by atoms with Gasteiger partial charge in [-0.05, 0) is 101 Å². The van der Waals surface area contributed by atoms with Crippen molar-refractivity contribution in [2.75, 3.05) is 0 Å². The molecule has 0 aromatic heterocycles. The van der Waals surface area contributed by atoms with Gasteiger partial charge in [0, 0.05) is 12.3 Å². The molecule has 146 valence electrons. The zero-order chi connectivity index (χ0) is 18.7. The third-order valence-electron chi connectivity index (χ3n) is 9.45. The first-order valence-electron chi connectivity index (χ1n) is 11.1. The van der Waals surface area contributed by atoms with Crippen LogP contribution in [0.15, 0.2) is 11.1 Å². The molecule has 0 heterocycles. The van der Waals surface area contributed by atoms with E-state index in [0.29, 0.717) is 5.41 Å². The third-order valence-corrected chi connectivity index (χ3v) is 9.45. The van der Waals surface area contributed by atoms with E-state index in [1.54, 1.807) is 18.1 Å². The Balaban J connectivity index is 1.57. The van der Waals surface area contributed by atoms with E-state index in [1.807, 2.05) is 0 Å². The molecule has 4 rings (SSSR count). The van der Waals surface area contributed by atoms with Crippen molar-refractivity contribution >= 4 is 5.97 Å². The molecule has 4 saturated carbocycles. The van der Waals surface area contributed by atoms with Crippen molar-refractivity contribution in [1.82, 2.24) is 0 Å². The average Bonchev–Trinajstić information content (AvgIpc) is 2.90. The minimum absolute atomic E-state index is 0.0869. The molecule has 7 atom stereocenters. The van der Waals surface area contributed by atoms with Gasteiger partial charge in [-0.3, -0.25) is 4.79 Å². The maximum atomic E-state index is 11.6. The summed E-state index contributed by atoms with van der Waals surface area (Å²) in [6.07, 6.45) is 12.1. The predicted octanol–water partition coefficient (Wildman–Crippen LogP) is 6.30. The fraction of sp³-hybridized carbons (Fsp3) is 0.875. The van der Waals surface area contributed by atoms with E-state index in [1.165, 1.54) is 51.4 Å². The normalized spacial score (nSPS) is 47.6. The molecule has 26 heavy (non-hydrogen) atoms. The molecule has 4 aliphatic rings. The Hall–Kier alpha value is -0.790. The van der Waals surface area contributed by atoms with Gasteiger partial charge >= 0.3 is 5.97 Å². The molecule has 0 radical (unpaired) electrons. The van der Waals surface area contributed by atoms with Crippen LogP contribution in [-0.4, -0.2) is 12.1 Å². The van der Waals surface area contributed by atoms with Gasteiger partial charge < -0.3 is 4.74 Å². The summed E-state index contributed by atoms with van der Waals surface area (Å²) in [7, 11) is 0. The molecular weight excluding hydrogens is 320 g/mol. The highest BCUT2D eigenvalue weighted by Gasteiger charge is 2.60. The first-order valence-corrected chi connectivity index (χ1v) is 11.1. The van der Waals surface area contributed by atoms with Crippen molar-refractivity contribution in [3.8, 4) is 0 Å². The maximum Gasteiger partial charge on any atom is 0.302 e. The first kappa shape index (κ1) is 18.6. The van der Waals surface area contributed by atoms with Crippen molar-refractivity contribution in [2.24, 2.45) is 34.5 Å². The van der Waals surface area contributed by atoms with Gasteiger partial charge in [0.1, 0.15) is 6.10 Å². The van der Waals surface area contributed by atoms with Gasteiger partial charge in [-0.15, -0.1) is 0 Å². The van der Waals surface area contributed by atoms with Gasteiger partial charge in [-0.25, -0.2) is 0 Å². The molecule has 0 spiro atoms. The largest absolute Gasteiger partial charge is 0.462 e. The number of ether oxygens (including phenoxy) is 1. The molecule has 0 bridgehead atoms. The fourth-order valence-corrected chi connectivity index (χ4v) is 7.88. The first-order chi connectivity index (χ1) is 12.3.